The van der Waals surface area contributed by atoms with E-state index in [-0.39, 0.29) is 17.5 Å². The van der Waals surface area contributed by atoms with Crippen LogP contribution in [-0.4, -0.2) is 38.1 Å². The first-order valence-corrected chi connectivity index (χ1v) is 9.23. The van der Waals surface area contributed by atoms with Crippen LogP contribution in [-0.2, 0) is 11.0 Å². The van der Waals surface area contributed by atoms with E-state index in [1.807, 2.05) is 0 Å². The molecule has 29 heavy (non-hydrogen) atoms. The molecule has 1 amide bonds. The molecule has 7 nitrogen and oxygen atoms in total. The number of hydrogen-bond acceptors (Lipinski definition) is 5. The van der Waals surface area contributed by atoms with Crippen LogP contribution in [0.1, 0.15) is 17.9 Å². The molecule has 0 saturated carbocycles. The van der Waals surface area contributed by atoms with Crippen molar-refractivity contribution < 1.29 is 18.0 Å². The van der Waals surface area contributed by atoms with Gasteiger partial charge < -0.3 is 10.2 Å². The third kappa shape index (κ3) is 3.69. The average Bonchev–Trinajstić information content (AvgIpc) is 3.22. The first kappa shape index (κ1) is 19.7. The molecule has 1 aliphatic rings. The van der Waals surface area contributed by atoms with E-state index in [1.54, 1.807) is 25.1 Å². The Balaban J connectivity index is 1.62. The molecular formula is C17H13Cl2F3N6O. The summed E-state index contributed by atoms with van der Waals surface area (Å²) in [6.07, 6.45) is -4.27. The fourth-order valence-electron chi connectivity index (χ4n) is 3.11. The first-order chi connectivity index (χ1) is 13.6. The Bertz CT molecular complexity index is 1120. The highest BCUT2D eigenvalue weighted by molar-refractivity contribution is 6.42. The highest BCUT2D eigenvalue weighted by Gasteiger charge is 2.37. The van der Waals surface area contributed by atoms with Gasteiger partial charge in [0.05, 0.1) is 10.0 Å². The molecule has 3 heterocycles. The van der Waals surface area contributed by atoms with Crippen molar-refractivity contribution in [2.24, 2.45) is 0 Å². The predicted octanol–water partition coefficient (Wildman–Crippen LogP) is 3.98. The SMILES string of the molecule is Cc1cc(NC2CCN(c3ccc(Cl)c(Cl)c3)C2=O)n2nc(C(F)(F)F)nc2n1. The van der Waals surface area contributed by atoms with Gasteiger partial charge in [-0.15, -0.1) is 5.10 Å². The second kappa shape index (κ2) is 7.03. The molecule has 3 aromatic rings. The Morgan fingerprint density at radius 2 is 1.93 bits per heavy atom. The lowest BCUT2D eigenvalue weighted by Crippen LogP contribution is -2.34. The van der Waals surface area contributed by atoms with Gasteiger partial charge in [-0.1, -0.05) is 23.2 Å². The molecule has 4 rings (SSSR count). The van der Waals surface area contributed by atoms with Gasteiger partial charge in [0.25, 0.3) is 11.6 Å². The van der Waals surface area contributed by atoms with Crippen molar-refractivity contribution in [2.75, 3.05) is 16.8 Å². The van der Waals surface area contributed by atoms with Gasteiger partial charge in [0.15, 0.2) is 0 Å². The van der Waals surface area contributed by atoms with Gasteiger partial charge in [-0.3, -0.25) is 4.79 Å². The van der Waals surface area contributed by atoms with Crippen LogP contribution in [0.15, 0.2) is 24.3 Å². The van der Waals surface area contributed by atoms with E-state index in [4.69, 9.17) is 23.2 Å². The van der Waals surface area contributed by atoms with E-state index in [9.17, 15) is 18.0 Å². The molecule has 1 aromatic carbocycles. The van der Waals surface area contributed by atoms with Crippen molar-refractivity contribution in [1.82, 2.24) is 19.6 Å². The third-order valence-electron chi connectivity index (χ3n) is 4.44. The highest BCUT2D eigenvalue weighted by atomic mass is 35.5. The quantitative estimate of drug-likeness (QED) is 0.661. The number of rotatable bonds is 3. The van der Waals surface area contributed by atoms with Crippen molar-refractivity contribution in [3.8, 4) is 0 Å². The van der Waals surface area contributed by atoms with Gasteiger partial charge in [0.2, 0.25) is 5.91 Å². The standard InChI is InChI=1S/C17H13Cl2F3N6O/c1-8-6-13(28-16(23-8)25-15(26-28)17(20,21)22)24-12-4-5-27(14(12)29)9-2-3-10(18)11(19)7-9/h2-3,6-7,12,24H,4-5H2,1H3. The van der Waals surface area contributed by atoms with E-state index in [0.717, 1.165) is 4.52 Å². The van der Waals surface area contributed by atoms with E-state index < -0.39 is 18.0 Å². The summed E-state index contributed by atoms with van der Waals surface area (Å²) in [7, 11) is 0. The van der Waals surface area contributed by atoms with Crippen LogP contribution < -0.4 is 10.2 Å². The molecule has 1 N–H and O–H groups in total. The van der Waals surface area contributed by atoms with Crippen molar-refractivity contribution in [1.29, 1.82) is 0 Å². The van der Waals surface area contributed by atoms with Gasteiger partial charge in [-0.25, -0.2) is 4.98 Å². The zero-order chi connectivity index (χ0) is 20.9. The van der Waals surface area contributed by atoms with Gasteiger partial charge >= 0.3 is 6.18 Å². The number of fused-ring (bicyclic) bond motifs is 1. The van der Waals surface area contributed by atoms with Gasteiger partial charge in [-0.05, 0) is 31.5 Å². The van der Waals surface area contributed by atoms with Crippen molar-refractivity contribution in [3.63, 3.8) is 0 Å². The average molecular weight is 445 g/mol. The summed E-state index contributed by atoms with van der Waals surface area (Å²) in [5, 5.41) is 7.15. The summed E-state index contributed by atoms with van der Waals surface area (Å²) in [5.41, 5.74) is 1.03. The number of hydrogen-bond donors (Lipinski definition) is 1. The molecule has 0 spiro atoms. The zero-order valence-electron chi connectivity index (χ0n) is 14.8. The molecule has 1 atom stereocenters. The topological polar surface area (TPSA) is 75.4 Å². The Labute approximate surface area is 172 Å². The van der Waals surface area contributed by atoms with Crippen LogP contribution in [0, 0.1) is 6.92 Å². The van der Waals surface area contributed by atoms with Crippen molar-refractivity contribution in [3.05, 3.63) is 45.8 Å². The predicted molar refractivity (Wildman–Crippen MR) is 101 cm³/mol. The molecule has 1 unspecified atom stereocenters. The van der Waals surface area contributed by atoms with Crippen LogP contribution in [0.3, 0.4) is 0 Å². The molecule has 0 bridgehead atoms. The van der Waals surface area contributed by atoms with E-state index >= 15 is 0 Å². The second-order valence-electron chi connectivity index (χ2n) is 6.50. The van der Waals surface area contributed by atoms with Crippen LogP contribution in [0.5, 0.6) is 0 Å². The fourth-order valence-corrected chi connectivity index (χ4v) is 3.40. The fraction of sp³-hybridized carbons (Fsp3) is 0.294. The Kier molecular flexibility index (Phi) is 4.78. The van der Waals surface area contributed by atoms with Crippen LogP contribution in [0.25, 0.3) is 5.78 Å². The van der Waals surface area contributed by atoms with Crippen LogP contribution in [0.4, 0.5) is 24.7 Å². The summed E-state index contributed by atoms with van der Waals surface area (Å²) in [6.45, 7) is 2.03. The smallest absolute Gasteiger partial charge is 0.358 e. The summed E-state index contributed by atoms with van der Waals surface area (Å²) >= 11 is 11.9. The third-order valence-corrected chi connectivity index (χ3v) is 5.18. The van der Waals surface area contributed by atoms with Crippen LogP contribution >= 0.6 is 23.2 Å². The normalized spacial score (nSPS) is 17.4. The number of amides is 1. The summed E-state index contributed by atoms with van der Waals surface area (Å²) in [5.74, 6) is -1.55. The number of alkyl halides is 3. The van der Waals surface area contributed by atoms with E-state index in [1.165, 1.54) is 11.0 Å². The number of nitrogens with one attached hydrogen (secondary N) is 1. The van der Waals surface area contributed by atoms with Crippen molar-refractivity contribution >= 4 is 46.4 Å². The minimum absolute atomic E-state index is 0.199. The number of carbonyl (C=O) groups excluding carboxylic acids is 1. The zero-order valence-corrected chi connectivity index (χ0v) is 16.3. The lowest BCUT2D eigenvalue weighted by Gasteiger charge is -2.18. The molecule has 152 valence electrons. The minimum Gasteiger partial charge on any atom is -0.358 e. The number of carbonyl (C=O) groups is 1. The molecule has 1 fully saturated rings. The minimum atomic E-state index is -4.70. The van der Waals surface area contributed by atoms with E-state index in [2.05, 4.69) is 20.4 Å². The maximum Gasteiger partial charge on any atom is 0.453 e. The summed E-state index contributed by atoms with van der Waals surface area (Å²) < 4.78 is 39.8. The second-order valence-corrected chi connectivity index (χ2v) is 7.32. The molecule has 2 aromatic heterocycles. The molecule has 0 radical (unpaired) electrons. The number of aromatic nitrogens is 4. The molecular weight excluding hydrogens is 432 g/mol. The number of benzene rings is 1. The number of halogens is 5. The van der Waals surface area contributed by atoms with Gasteiger partial charge in [-0.2, -0.15) is 22.7 Å². The number of nitrogens with zero attached hydrogens (tertiary/aromatic N) is 5. The molecule has 1 aliphatic heterocycles. The molecule has 12 heteroatoms. The largest absolute Gasteiger partial charge is 0.453 e. The van der Waals surface area contributed by atoms with Gasteiger partial charge in [0.1, 0.15) is 11.9 Å². The lowest BCUT2D eigenvalue weighted by molar-refractivity contribution is -0.144. The monoisotopic (exact) mass is 444 g/mol. The Morgan fingerprint density at radius 1 is 1.17 bits per heavy atom. The summed E-state index contributed by atoms with van der Waals surface area (Å²) in [6, 6.07) is 5.71. The maximum atomic E-state index is 13.0. The maximum absolute atomic E-state index is 13.0. The summed E-state index contributed by atoms with van der Waals surface area (Å²) in [4.78, 5) is 21.8. The highest BCUT2D eigenvalue weighted by Crippen LogP contribution is 2.31. The van der Waals surface area contributed by atoms with E-state index in [0.29, 0.717) is 34.4 Å². The van der Waals surface area contributed by atoms with Crippen molar-refractivity contribution in [2.45, 2.75) is 25.6 Å². The van der Waals surface area contributed by atoms with Crippen LogP contribution in [0.2, 0.25) is 10.0 Å². The van der Waals surface area contributed by atoms with Gasteiger partial charge in [0, 0.05) is 24.0 Å². The molecule has 0 aliphatic carbocycles. The Hall–Kier alpha value is -2.59. The number of anilines is 2. The molecule has 1 saturated heterocycles. The first-order valence-electron chi connectivity index (χ1n) is 8.48. The number of aryl methyl sites for hydroxylation is 1. The lowest BCUT2D eigenvalue weighted by atomic mass is 10.2. The Morgan fingerprint density at radius 3 is 2.62 bits per heavy atom.